The first kappa shape index (κ1) is 16.2. The predicted molar refractivity (Wildman–Crippen MR) is 84.3 cm³/mol. The molecule has 0 aliphatic heterocycles. The zero-order valence-corrected chi connectivity index (χ0v) is 13.1. The molecule has 1 unspecified atom stereocenters. The Morgan fingerprint density at radius 3 is 2.42 bits per heavy atom. The number of unbranched alkanes of at least 4 members (excludes halogenated alkanes) is 1. The Balaban J connectivity index is 2.76. The SMILES string of the molecule is CCCCN(Cc1ccccc1CNC)C(C)CC. The first-order chi connectivity index (χ1) is 9.22. The molecule has 0 spiro atoms. The summed E-state index contributed by atoms with van der Waals surface area (Å²) in [6.07, 6.45) is 3.78. The fourth-order valence-electron chi connectivity index (χ4n) is 2.37. The fourth-order valence-corrected chi connectivity index (χ4v) is 2.37. The predicted octanol–water partition coefficient (Wildman–Crippen LogP) is 3.81. The Kier molecular flexibility index (Phi) is 7.76. The van der Waals surface area contributed by atoms with E-state index in [1.54, 1.807) is 0 Å². The number of nitrogens with one attached hydrogen (secondary N) is 1. The van der Waals surface area contributed by atoms with Crippen LogP contribution in [0.4, 0.5) is 0 Å². The Labute approximate surface area is 119 Å². The molecule has 1 aromatic rings. The summed E-state index contributed by atoms with van der Waals surface area (Å²) in [6.45, 7) is 10.1. The van der Waals surface area contributed by atoms with Crippen molar-refractivity contribution in [1.82, 2.24) is 10.2 Å². The Hall–Kier alpha value is -0.860. The molecular weight excluding hydrogens is 232 g/mol. The van der Waals surface area contributed by atoms with E-state index in [0.29, 0.717) is 6.04 Å². The zero-order valence-electron chi connectivity index (χ0n) is 13.1. The number of hydrogen-bond donors (Lipinski definition) is 1. The van der Waals surface area contributed by atoms with Crippen molar-refractivity contribution < 1.29 is 0 Å². The van der Waals surface area contributed by atoms with Gasteiger partial charge in [0.05, 0.1) is 0 Å². The molecule has 1 N–H and O–H groups in total. The molecule has 2 nitrogen and oxygen atoms in total. The third-order valence-corrected chi connectivity index (χ3v) is 3.87. The summed E-state index contributed by atoms with van der Waals surface area (Å²) in [5.74, 6) is 0. The van der Waals surface area contributed by atoms with Crippen LogP contribution in [0.5, 0.6) is 0 Å². The van der Waals surface area contributed by atoms with Crippen molar-refractivity contribution >= 4 is 0 Å². The molecule has 0 fully saturated rings. The van der Waals surface area contributed by atoms with Gasteiger partial charge < -0.3 is 5.32 Å². The molecule has 0 aromatic heterocycles. The summed E-state index contributed by atoms with van der Waals surface area (Å²) in [6, 6.07) is 9.46. The van der Waals surface area contributed by atoms with E-state index in [9.17, 15) is 0 Å². The highest BCUT2D eigenvalue weighted by Gasteiger charge is 2.13. The van der Waals surface area contributed by atoms with Crippen LogP contribution in [0.2, 0.25) is 0 Å². The lowest BCUT2D eigenvalue weighted by atomic mass is 10.1. The summed E-state index contributed by atoms with van der Waals surface area (Å²) in [7, 11) is 2.01. The maximum Gasteiger partial charge on any atom is 0.0239 e. The minimum Gasteiger partial charge on any atom is -0.316 e. The minimum atomic E-state index is 0.661. The molecule has 1 atom stereocenters. The lowest BCUT2D eigenvalue weighted by Crippen LogP contribution is -2.33. The van der Waals surface area contributed by atoms with Crippen molar-refractivity contribution in [2.75, 3.05) is 13.6 Å². The van der Waals surface area contributed by atoms with Gasteiger partial charge in [-0.2, -0.15) is 0 Å². The zero-order chi connectivity index (χ0) is 14.1. The second-order valence-corrected chi connectivity index (χ2v) is 5.38. The number of hydrogen-bond acceptors (Lipinski definition) is 2. The van der Waals surface area contributed by atoms with E-state index in [1.165, 1.54) is 36.9 Å². The molecule has 0 radical (unpaired) electrons. The highest BCUT2D eigenvalue weighted by Crippen LogP contribution is 2.15. The third-order valence-electron chi connectivity index (χ3n) is 3.87. The van der Waals surface area contributed by atoms with E-state index in [1.807, 2.05) is 7.05 Å². The Bertz CT molecular complexity index is 349. The van der Waals surface area contributed by atoms with Crippen LogP contribution in [-0.2, 0) is 13.1 Å². The first-order valence-corrected chi connectivity index (χ1v) is 7.68. The van der Waals surface area contributed by atoms with Gasteiger partial charge in [-0.15, -0.1) is 0 Å². The number of nitrogens with zero attached hydrogens (tertiary/aromatic N) is 1. The van der Waals surface area contributed by atoms with Crippen molar-refractivity contribution in [3.05, 3.63) is 35.4 Å². The van der Waals surface area contributed by atoms with Crippen molar-refractivity contribution in [3.8, 4) is 0 Å². The summed E-state index contributed by atoms with van der Waals surface area (Å²) in [4.78, 5) is 2.62. The summed E-state index contributed by atoms with van der Waals surface area (Å²) < 4.78 is 0. The van der Waals surface area contributed by atoms with Crippen LogP contribution in [0.3, 0.4) is 0 Å². The van der Waals surface area contributed by atoms with Crippen LogP contribution >= 0.6 is 0 Å². The average Bonchev–Trinajstić information content (AvgIpc) is 2.44. The molecule has 0 saturated carbocycles. The smallest absolute Gasteiger partial charge is 0.0239 e. The molecule has 2 heteroatoms. The van der Waals surface area contributed by atoms with Crippen molar-refractivity contribution in [3.63, 3.8) is 0 Å². The summed E-state index contributed by atoms with van der Waals surface area (Å²) >= 11 is 0. The highest BCUT2D eigenvalue weighted by atomic mass is 15.1. The standard InChI is InChI=1S/C17H30N2/c1-5-7-12-19(15(3)6-2)14-17-11-9-8-10-16(17)13-18-4/h8-11,15,18H,5-7,12-14H2,1-4H3. The summed E-state index contributed by atoms with van der Waals surface area (Å²) in [5, 5.41) is 3.27. The van der Waals surface area contributed by atoms with Crippen LogP contribution in [0.1, 0.15) is 51.2 Å². The molecule has 0 bridgehead atoms. The van der Waals surface area contributed by atoms with E-state index < -0.39 is 0 Å². The van der Waals surface area contributed by atoms with Crippen LogP contribution < -0.4 is 5.32 Å². The molecule has 108 valence electrons. The molecule has 0 amide bonds. The van der Waals surface area contributed by atoms with Crippen LogP contribution in [0, 0.1) is 0 Å². The molecular formula is C17H30N2. The van der Waals surface area contributed by atoms with Gasteiger partial charge in [-0.3, -0.25) is 4.90 Å². The van der Waals surface area contributed by atoms with Gasteiger partial charge in [0.1, 0.15) is 0 Å². The second kappa shape index (κ2) is 9.11. The number of benzene rings is 1. The van der Waals surface area contributed by atoms with Crippen molar-refractivity contribution in [2.24, 2.45) is 0 Å². The van der Waals surface area contributed by atoms with E-state index in [0.717, 1.165) is 13.1 Å². The topological polar surface area (TPSA) is 15.3 Å². The lowest BCUT2D eigenvalue weighted by molar-refractivity contribution is 0.191. The molecule has 0 aliphatic carbocycles. The molecule has 0 heterocycles. The first-order valence-electron chi connectivity index (χ1n) is 7.68. The average molecular weight is 262 g/mol. The molecule has 0 aliphatic rings. The van der Waals surface area contributed by atoms with Gasteiger partial charge in [0.25, 0.3) is 0 Å². The maximum absolute atomic E-state index is 3.27. The van der Waals surface area contributed by atoms with E-state index in [-0.39, 0.29) is 0 Å². The van der Waals surface area contributed by atoms with Gasteiger partial charge in [0.15, 0.2) is 0 Å². The largest absolute Gasteiger partial charge is 0.316 e. The van der Waals surface area contributed by atoms with Gasteiger partial charge in [-0.05, 0) is 44.5 Å². The normalized spacial score (nSPS) is 12.9. The minimum absolute atomic E-state index is 0.661. The van der Waals surface area contributed by atoms with E-state index in [4.69, 9.17) is 0 Å². The van der Waals surface area contributed by atoms with Gasteiger partial charge >= 0.3 is 0 Å². The van der Waals surface area contributed by atoms with Crippen molar-refractivity contribution in [2.45, 2.75) is 59.2 Å². The Morgan fingerprint density at radius 1 is 1.16 bits per heavy atom. The van der Waals surface area contributed by atoms with Gasteiger partial charge in [-0.25, -0.2) is 0 Å². The maximum atomic E-state index is 3.27. The fraction of sp³-hybridized carbons (Fsp3) is 0.647. The van der Waals surface area contributed by atoms with Crippen LogP contribution in [0.15, 0.2) is 24.3 Å². The number of rotatable bonds is 9. The van der Waals surface area contributed by atoms with Gasteiger partial charge in [-0.1, -0.05) is 44.5 Å². The molecule has 19 heavy (non-hydrogen) atoms. The monoisotopic (exact) mass is 262 g/mol. The molecule has 1 aromatic carbocycles. The van der Waals surface area contributed by atoms with E-state index >= 15 is 0 Å². The highest BCUT2D eigenvalue weighted by molar-refractivity contribution is 5.27. The molecule has 1 rings (SSSR count). The van der Waals surface area contributed by atoms with Crippen LogP contribution in [0.25, 0.3) is 0 Å². The third kappa shape index (κ3) is 5.33. The Morgan fingerprint density at radius 2 is 1.84 bits per heavy atom. The van der Waals surface area contributed by atoms with Crippen LogP contribution in [-0.4, -0.2) is 24.5 Å². The lowest BCUT2D eigenvalue weighted by Gasteiger charge is -2.29. The van der Waals surface area contributed by atoms with Gasteiger partial charge in [0.2, 0.25) is 0 Å². The van der Waals surface area contributed by atoms with Crippen molar-refractivity contribution in [1.29, 1.82) is 0 Å². The summed E-state index contributed by atoms with van der Waals surface area (Å²) in [5.41, 5.74) is 2.89. The van der Waals surface area contributed by atoms with E-state index in [2.05, 4.69) is 55.3 Å². The quantitative estimate of drug-likeness (QED) is 0.728. The molecule has 0 saturated heterocycles. The second-order valence-electron chi connectivity index (χ2n) is 5.38. The van der Waals surface area contributed by atoms with Gasteiger partial charge in [0, 0.05) is 19.1 Å².